The number of hydrogen-bond acceptors (Lipinski definition) is 5. The zero-order valence-electron chi connectivity index (χ0n) is 17.5. The van der Waals surface area contributed by atoms with Crippen LogP contribution in [0.15, 0.2) is 28.7 Å². The molecule has 2 amide bonds. The van der Waals surface area contributed by atoms with Crippen LogP contribution in [0.5, 0.6) is 0 Å². The standard InChI is InChI=1S/C22H27BrN4O4/c1-30-22(29)25-16-5-2-3-12-31-13-17-19(14-7-9-15(23)10-8-14)26-20(24-17)18-6-4-11-27(18)21(16)28/h7-10,16,18H,2-6,11-13H2,1H3,(H,24,26)(H,25,29). The Kier molecular flexibility index (Phi) is 6.92. The second-order valence-electron chi connectivity index (χ2n) is 7.88. The summed E-state index contributed by atoms with van der Waals surface area (Å²) >= 11 is 3.48. The van der Waals surface area contributed by atoms with Crippen molar-refractivity contribution in [1.29, 1.82) is 0 Å². The summed E-state index contributed by atoms with van der Waals surface area (Å²) in [5.74, 6) is 0.676. The fraction of sp³-hybridized carbons (Fsp3) is 0.500. The number of benzene rings is 1. The molecule has 8 nitrogen and oxygen atoms in total. The van der Waals surface area contributed by atoms with E-state index in [1.807, 2.05) is 29.2 Å². The fourth-order valence-electron chi connectivity index (χ4n) is 4.24. The van der Waals surface area contributed by atoms with E-state index in [2.05, 4.69) is 26.2 Å². The minimum absolute atomic E-state index is 0.0868. The van der Waals surface area contributed by atoms with Crippen molar-refractivity contribution in [2.75, 3.05) is 20.3 Å². The molecule has 0 saturated carbocycles. The molecule has 2 N–H and O–H groups in total. The topological polar surface area (TPSA) is 96.6 Å². The molecular formula is C22H27BrN4O4. The molecular weight excluding hydrogens is 464 g/mol. The predicted molar refractivity (Wildman–Crippen MR) is 118 cm³/mol. The van der Waals surface area contributed by atoms with E-state index >= 15 is 0 Å². The fourth-order valence-corrected chi connectivity index (χ4v) is 4.50. The summed E-state index contributed by atoms with van der Waals surface area (Å²) in [6.07, 6.45) is 3.24. The van der Waals surface area contributed by atoms with Gasteiger partial charge in [0, 0.05) is 23.2 Å². The molecule has 2 aromatic rings. The van der Waals surface area contributed by atoms with Crippen molar-refractivity contribution in [2.45, 2.75) is 50.8 Å². The van der Waals surface area contributed by atoms with Crippen LogP contribution in [0.4, 0.5) is 4.79 Å². The van der Waals surface area contributed by atoms with Gasteiger partial charge >= 0.3 is 6.09 Å². The third kappa shape index (κ3) is 4.93. The van der Waals surface area contributed by atoms with Gasteiger partial charge in [-0.1, -0.05) is 28.1 Å². The molecule has 31 heavy (non-hydrogen) atoms. The first-order valence-corrected chi connectivity index (χ1v) is 11.4. The first-order chi connectivity index (χ1) is 15.1. The van der Waals surface area contributed by atoms with E-state index in [0.717, 1.165) is 52.9 Å². The van der Waals surface area contributed by atoms with E-state index in [9.17, 15) is 9.59 Å². The van der Waals surface area contributed by atoms with E-state index in [0.29, 0.717) is 26.2 Å². The van der Waals surface area contributed by atoms with Crippen molar-refractivity contribution in [2.24, 2.45) is 0 Å². The first kappa shape index (κ1) is 21.8. The number of H-pyrrole nitrogens is 1. The molecule has 2 aliphatic heterocycles. The third-order valence-electron chi connectivity index (χ3n) is 5.82. The first-order valence-electron chi connectivity index (χ1n) is 10.6. The Labute approximate surface area is 189 Å². The lowest BCUT2D eigenvalue weighted by Gasteiger charge is -2.28. The highest BCUT2D eigenvalue weighted by atomic mass is 79.9. The van der Waals surface area contributed by atoms with E-state index in [1.54, 1.807) is 0 Å². The smallest absolute Gasteiger partial charge is 0.407 e. The number of carbonyl (C=O) groups excluding carboxylic acids is 2. The normalized spacial score (nSPS) is 22.1. The SMILES string of the molecule is COC(=O)NC1CCCCOCc2[nH]c(nc2-c2ccc(Br)cc2)C2CCCN2C1=O. The molecule has 4 rings (SSSR count). The van der Waals surface area contributed by atoms with Gasteiger partial charge in [0.2, 0.25) is 5.91 Å². The number of halogens is 1. The molecule has 0 radical (unpaired) electrons. The maximum atomic E-state index is 13.4. The number of ether oxygens (including phenoxy) is 2. The molecule has 1 fully saturated rings. The molecule has 0 spiro atoms. The number of fused-ring (bicyclic) bond motifs is 4. The number of amides is 2. The Balaban J connectivity index is 1.67. The minimum Gasteiger partial charge on any atom is -0.453 e. The quantitative estimate of drug-likeness (QED) is 0.664. The second kappa shape index (κ2) is 9.82. The zero-order valence-corrected chi connectivity index (χ0v) is 19.1. The molecule has 2 bridgehead atoms. The molecule has 3 heterocycles. The van der Waals surface area contributed by atoms with Gasteiger partial charge in [-0.3, -0.25) is 4.79 Å². The summed E-state index contributed by atoms with van der Waals surface area (Å²) in [5.41, 5.74) is 2.76. The van der Waals surface area contributed by atoms with Gasteiger partial charge in [0.25, 0.3) is 0 Å². The van der Waals surface area contributed by atoms with Crippen LogP contribution in [0.25, 0.3) is 11.3 Å². The largest absolute Gasteiger partial charge is 0.453 e. The summed E-state index contributed by atoms with van der Waals surface area (Å²) in [6, 6.07) is 7.24. The number of nitrogens with zero attached hydrogens (tertiary/aromatic N) is 2. The summed E-state index contributed by atoms with van der Waals surface area (Å²) in [5, 5.41) is 2.71. The highest BCUT2D eigenvalue weighted by Crippen LogP contribution is 2.34. The maximum absolute atomic E-state index is 13.4. The van der Waals surface area contributed by atoms with E-state index in [1.165, 1.54) is 7.11 Å². The second-order valence-corrected chi connectivity index (χ2v) is 8.80. The van der Waals surface area contributed by atoms with Crippen molar-refractivity contribution in [3.63, 3.8) is 0 Å². The molecule has 1 saturated heterocycles. The number of alkyl carbamates (subject to hydrolysis) is 1. The highest BCUT2D eigenvalue weighted by Gasteiger charge is 2.36. The lowest BCUT2D eigenvalue weighted by molar-refractivity contribution is -0.134. The number of aromatic amines is 1. The number of nitrogens with one attached hydrogen (secondary N) is 2. The van der Waals surface area contributed by atoms with Gasteiger partial charge in [-0.25, -0.2) is 9.78 Å². The van der Waals surface area contributed by atoms with Crippen molar-refractivity contribution < 1.29 is 19.1 Å². The van der Waals surface area contributed by atoms with Crippen molar-refractivity contribution >= 4 is 27.9 Å². The number of aromatic nitrogens is 2. The monoisotopic (exact) mass is 490 g/mol. The Hall–Kier alpha value is -2.39. The Morgan fingerprint density at radius 1 is 1.26 bits per heavy atom. The molecule has 0 aliphatic carbocycles. The molecule has 2 atom stereocenters. The van der Waals surface area contributed by atoms with Gasteiger partial charge < -0.3 is 24.7 Å². The Morgan fingerprint density at radius 3 is 2.84 bits per heavy atom. The zero-order chi connectivity index (χ0) is 21.8. The maximum Gasteiger partial charge on any atom is 0.407 e. The van der Waals surface area contributed by atoms with Crippen LogP contribution in [0, 0.1) is 0 Å². The van der Waals surface area contributed by atoms with Crippen LogP contribution in [-0.4, -0.2) is 53.2 Å². The van der Waals surface area contributed by atoms with Gasteiger partial charge in [0.15, 0.2) is 0 Å². The molecule has 2 unspecified atom stereocenters. The van der Waals surface area contributed by atoms with Crippen LogP contribution in [0.1, 0.15) is 49.7 Å². The van der Waals surface area contributed by atoms with E-state index in [4.69, 9.17) is 14.5 Å². The average Bonchev–Trinajstić information content (AvgIpc) is 3.42. The summed E-state index contributed by atoms with van der Waals surface area (Å²) < 4.78 is 11.7. The molecule has 2 aliphatic rings. The lowest BCUT2D eigenvalue weighted by Crippen LogP contribution is -2.48. The Morgan fingerprint density at radius 2 is 2.06 bits per heavy atom. The summed E-state index contributed by atoms with van der Waals surface area (Å²) in [7, 11) is 1.31. The average molecular weight is 491 g/mol. The van der Waals surface area contributed by atoms with Gasteiger partial charge in [-0.15, -0.1) is 0 Å². The summed E-state index contributed by atoms with van der Waals surface area (Å²) in [4.78, 5) is 35.4. The molecule has 1 aromatic heterocycles. The van der Waals surface area contributed by atoms with Gasteiger partial charge in [-0.05, 0) is 44.2 Å². The van der Waals surface area contributed by atoms with E-state index < -0.39 is 12.1 Å². The number of methoxy groups -OCH3 is 1. The van der Waals surface area contributed by atoms with Crippen molar-refractivity contribution in [3.8, 4) is 11.3 Å². The minimum atomic E-state index is -0.617. The molecule has 166 valence electrons. The number of hydrogen-bond donors (Lipinski definition) is 2. The van der Waals surface area contributed by atoms with Crippen molar-refractivity contribution in [1.82, 2.24) is 20.2 Å². The highest BCUT2D eigenvalue weighted by molar-refractivity contribution is 9.10. The van der Waals surface area contributed by atoms with Gasteiger partial charge in [0.1, 0.15) is 11.9 Å². The summed E-state index contributed by atoms with van der Waals surface area (Å²) in [6.45, 7) is 1.65. The molecule has 1 aromatic carbocycles. The van der Waals surface area contributed by atoms with Gasteiger partial charge in [0.05, 0.1) is 31.1 Å². The number of rotatable bonds is 2. The van der Waals surface area contributed by atoms with Crippen LogP contribution < -0.4 is 5.32 Å². The number of imidazole rings is 1. The van der Waals surface area contributed by atoms with Crippen LogP contribution >= 0.6 is 15.9 Å². The number of carbonyl (C=O) groups is 2. The van der Waals surface area contributed by atoms with Crippen LogP contribution in [0.3, 0.4) is 0 Å². The predicted octanol–water partition coefficient (Wildman–Crippen LogP) is 3.93. The van der Waals surface area contributed by atoms with Crippen molar-refractivity contribution in [3.05, 3.63) is 40.3 Å². The van der Waals surface area contributed by atoms with Crippen LogP contribution in [-0.2, 0) is 20.9 Å². The lowest BCUT2D eigenvalue weighted by atomic mass is 10.1. The third-order valence-corrected chi connectivity index (χ3v) is 6.35. The van der Waals surface area contributed by atoms with Gasteiger partial charge in [-0.2, -0.15) is 0 Å². The molecule has 9 heteroatoms. The Bertz CT molecular complexity index is 930. The van der Waals surface area contributed by atoms with Crippen LogP contribution in [0.2, 0.25) is 0 Å². The van der Waals surface area contributed by atoms with E-state index in [-0.39, 0.29) is 11.9 Å².